The molecular formula is C12H16O4S. The molecule has 5 heteroatoms. The number of sulfone groups is 1. The number of carbonyl (C=O) groups is 1. The van der Waals surface area contributed by atoms with E-state index in [2.05, 4.69) is 0 Å². The van der Waals surface area contributed by atoms with Gasteiger partial charge in [-0.05, 0) is 24.5 Å². The van der Waals surface area contributed by atoms with Crippen LogP contribution in [-0.4, -0.2) is 25.2 Å². The Kier molecular flexibility index (Phi) is 4.69. The smallest absolute Gasteiger partial charge is 0.303 e. The second kappa shape index (κ2) is 5.82. The van der Waals surface area contributed by atoms with Crippen molar-refractivity contribution in [1.29, 1.82) is 0 Å². The molecule has 1 atom stereocenters. The second-order valence-electron chi connectivity index (χ2n) is 4.13. The van der Waals surface area contributed by atoms with Crippen LogP contribution < -0.4 is 0 Å². The van der Waals surface area contributed by atoms with Crippen LogP contribution in [0.5, 0.6) is 0 Å². The van der Waals surface area contributed by atoms with Gasteiger partial charge < -0.3 is 5.11 Å². The fraction of sp³-hybridized carbons (Fsp3) is 0.417. The molecule has 0 heterocycles. The van der Waals surface area contributed by atoms with Gasteiger partial charge in [-0.3, -0.25) is 4.79 Å². The van der Waals surface area contributed by atoms with Crippen LogP contribution in [0.3, 0.4) is 0 Å². The lowest BCUT2D eigenvalue weighted by Gasteiger charge is -2.10. The minimum atomic E-state index is -3.30. The summed E-state index contributed by atoms with van der Waals surface area (Å²) in [6, 6.07) is 8.22. The maximum absolute atomic E-state index is 11.9. The molecule has 1 aromatic carbocycles. The van der Waals surface area contributed by atoms with E-state index in [4.69, 9.17) is 5.11 Å². The Bertz CT molecular complexity index is 465. The lowest BCUT2D eigenvalue weighted by Crippen LogP contribution is -2.15. The summed E-state index contributed by atoms with van der Waals surface area (Å²) >= 11 is 0. The molecule has 0 radical (unpaired) electrons. The van der Waals surface area contributed by atoms with Crippen LogP contribution in [0, 0.1) is 5.92 Å². The molecule has 0 fully saturated rings. The van der Waals surface area contributed by atoms with Crippen molar-refractivity contribution in [3.8, 4) is 0 Å². The Morgan fingerprint density at radius 2 is 1.88 bits per heavy atom. The van der Waals surface area contributed by atoms with Gasteiger partial charge in [0.2, 0.25) is 0 Å². The minimum absolute atomic E-state index is 0.00543. The summed E-state index contributed by atoms with van der Waals surface area (Å²) in [5.41, 5.74) is 0. The first kappa shape index (κ1) is 13.7. The summed E-state index contributed by atoms with van der Waals surface area (Å²) < 4.78 is 23.9. The highest BCUT2D eigenvalue weighted by atomic mass is 32.2. The molecule has 0 saturated carbocycles. The number of benzene rings is 1. The molecule has 0 aliphatic heterocycles. The molecule has 0 saturated heterocycles. The van der Waals surface area contributed by atoms with Crippen LogP contribution in [0.15, 0.2) is 35.2 Å². The predicted octanol–water partition coefficient (Wildman–Crippen LogP) is 1.96. The highest BCUT2D eigenvalue weighted by molar-refractivity contribution is 7.91. The Labute approximate surface area is 101 Å². The normalized spacial score (nSPS) is 13.2. The molecule has 4 nitrogen and oxygen atoms in total. The molecule has 0 amide bonds. The van der Waals surface area contributed by atoms with Gasteiger partial charge in [-0.15, -0.1) is 0 Å². The van der Waals surface area contributed by atoms with Gasteiger partial charge in [0.1, 0.15) is 0 Å². The van der Waals surface area contributed by atoms with Gasteiger partial charge in [-0.25, -0.2) is 8.42 Å². The van der Waals surface area contributed by atoms with E-state index in [1.165, 1.54) is 0 Å². The van der Waals surface area contributed by atoms with Gasteiger partial charge in [-0.1, -0.05) is 25.1 Å². The summed E-state index contributed by atoms with van der Waals surface area (Å²) in [7, 11) is -3.30. The largest absolute Gasteiger partial charge is 0.481 e. The van der Waals surface area contributed by atoms with Crippen LogP contribution >= 0.6 is 0 Å². The number of carboxylic acid groups (broad SMARTS) is 1. The minimum Gasteiger partial charge on any atom is -0.481 e. The Balaban J connectivity index is 2.64. The standard InChI is InChI=1S/C12H16O4S/c1-10(7-8-12(13)14)9-17(15,16)11-5-3-2-4-6-11/h2-6,10H,7-9H2,1H3,(H,13,14)/t10-/m0/s1. The van der Waals surface area contributed by atoms with Crippen LogP contribution in [0.4, 0.5) is 0 Å². The Morgan fingerprint density at radius 3 is 2.41 bits per heavy atom. The van der Waals surface area contributed by atoms with Crippen molar-refractivity contribution in [2.24, 2.45) is 5.92 Å². The molecule has 1 aromatic rings. The summed E-state index contributed by atoms with van der Waals surface area (Å²) in [6.45, 7) is 1.75. The third kappa shape index (κ3) is 4.56. The molecule has 0 aromatic heterocycles. The molecule has 17 heavy (non-hydrogen) atoms. The molecule has 1 rings (SSSR count). The quantitative estimate of drug-likeness (QED) is 0.844. The molecule has 0 aliphatic carbocycles. The van der Waals surface area contributed by atoms with Gasteiger partial charge in [-0.2, -0.15) is 0 Å². The lowest BCUT2D eigenvalue weighted by molar-refractivity contribution is -0.137. The molecular weight excluding hydrogens is 240 g/mol. The molecule has 0 spiro atoms. The van der Waals surface area contributed by atoms with Crippen molar-refractivity contribution in [3.63, 3.8) is 0 Å². The fourth-order valence-corrected chi connectivity index (χ4v) is 3.23. The van der Waals surface area contributed by atoms with E-state index in [0.29, 0.717) is 11.3 Å². The lowest BCUT2D eigenvalue weighted by atomic mass is 10.1. The van der Waals surface area contributed by atoms with Crippen molar-refractivity contribution in [1.82, 2.24) is 0 Å². The summed E-state index contributed by atoms with van der Waals surface area (Å²) in [4.78, 5) is 10.7. The van der Waals surface area contributed by atoms with Crippen molar-refractivity contribution >= 4 is 15.8 Å². The van der Waals surface area contributed by atoms with E-state index in [-0.39, 0.29) is 18.1 Å². The number of aliphatic carboxylic acids is 1. The van der Waals surface area contributed by atoms with E-state index < -0.39 is 15.8 Å². The van der Waals surface area contributed by atoms with E-state index in [0.717, 1.165) is 0 Å². The van der Waals surface area contributed by atoms with Gasteiger partial charge >= 0.3 is 5.97 Å². The van der Waals surface area contributed by atoms with Gasteiger partial charge in [0.05, 0.1) is 10.6 Å². The number of hydrogen-bond acceptors (Lipinski definition) is 3. The second-order valence-corrected chi connectivity index (χ2v) is 6.17. The van der Waals surface area contributed by atoms with Crippen molar-refractivity contribution in [3.05, 3.63) is 30.3 Å². The zero-order chi connectivity index (χ0) is 12.9. The van der Waals surface area contributed by atoms with E-state index in [1.54, 1.807) is 37.3 Å². The topological polar surface area (TPSA) is 71.4 Å². The molecule has 94 valence electrons. The molecule has 1 N–H and O–H groups in total. The van der Waals surface area contributed by atoms with Crippen LogP contribution in [0.25, 0.3) is 0 Å². The van der Waals surface area contributed by atoms with Crippen LogP contribution in [0.1, 0.15) is 19.8 Å². The number of rotatable bonds is 6. The first-order chi connectivity index (χ1) is 7.92. The highest BCUT2D eigenvalue weighted by Crippen LogP contribution is 2.16. The number of hydrogen-bond donors (Lipinski definition) is 1. The van der Waals surface area contributed by atoms with Crippen molar-refractivity contribution in [2.75, 3.05) is 5.75 Å². The number of carboxylic acids is 1. The van der Waals surface area contributed by atoms with E-state index in [1.807, 2.05) is 0 Å². The van der Waals surface area contributed by atoms with Crippen LogP contribution in [0.2, 0.25) is 0 Å². The predicted molar refractivity (Wildman–Crippen MR) is 64.5 cm³/mol. The van der Waals surface area contributed by atoms with Gasteiger partial charge in [0, 0.05) is 6.42 Å². The zero-order valence-electron chi connectivity index (χ0n) is 9.67. The summed E-state index contributed by atoms with van der Waals surface area (Å²) in [5, 5.41) is 8.53. The third-order valence-corrected chi connectivity index (χ3v) is 4.46. The maximum Gasteiger partial charge on any atom is 0.303 e. The van der Waals surface area contributed by atoms with Gasteiger partial charge in [0.15, 0.2) is 9.84 Å². The van der Waals surface area contributed by atoms with Crippen molar-refractivity contribution in [2.45, 2.75) is 24.7 Å². The zero-order valence-corrected chi connectivity index (χ0v) is 10.5. The maximum atomic E-state index is 11.9. The first-order valence-corrected chi connectivity index (χ1v) is 7.06. The SMILES string of the molecule is C[C@@H](CCC(=O)O)CS(=O)(=O)c1ccccc1. The van der Waals surface area contributed by atoms with Crippen molar-refractivity contribution < 1.29 is 18.3 Å². The summed E-state index contributed by atoms with van der Waals surface area (Å²) in [6.07, 6.45) is 0.382. The molecule has 0 bridgehead atoms. The third-order valence-electron chi connectivity index (χ3n) is 2.46. The molecule has 0 unspecified atom stereocenters. The Morgan fingerprint density at radius 1 is 1.29 bits per heavy atom. The average molecular weight is 256 g/mol. The Hall–Kier alpha value is -1.36. The fourth-order valence-electron chi connectivity index (χ4n) is 1.55. The highest BCUT2D eigenvalue weighted by Gasteiger charge is 2.18. The monoisotopic (exact) mass is 256 g/mol. The van der Waals surface area contributed by atoms with E-state index in [9.17, 15) is 13.2 Å². The van der Waals surface area contributed by atoms with Gasteiger partial charge in [0.25, 0.3) is 0 Å². The average Bonchev–Trinajstić information content (AvgIpc) is 2.27. The first-order valence-electron chi connectivity index (χ1n) is 5.41. The van der Waals surface area contributed by atoms with Crippen LogP contribution in [-0.2, 0) is 14.6 Å². The molecule has 0 aliphatic rings. The summed E-state index contributed by atoms with van der Waals surface area (Å²) in [5.74, 6) is -1.06. The van der Waals surface area contributed by atoms with E-state index >= 15 is 0 Å².